The Morgan fingerprint density at radius 3 is 2.25 bits per heavy atom. The van der Waals surface area contributed by atoms with Crippen molar-refractivity contribution in [1.82, 2.24) is 0 Å². The minimum absolute atomic E-state index is 0.0465. The van der Waals surface area contributed by atoms with E-state index in [4.69, 9.17) is 18.9 Å². The van der Waals surface area contributed by atoms with Crippen LogP contribution in [0.3, 0.4) is 0 Å². The van der Waals surface area contributed by atoms with Gasteiger partial charge in [0.25, 0.3) is 0 Å². The fourth-order valence-corrected chi connectivity index (χ4v) is 11.0. The van der Waals surface area contributed by atoms with Gasteiger partial charge in [-0.15, -0.1) is 11.8 Å². The zero-order chi connectivity index (χ0) is 32.2. The van der Waals surface area contributed by atoms with E-state index in [0.29, 0.717) is 16.6 Å². The van der Waals surface area contributed by atoms with Gasteiger partial charge in [0.2, 0.25) is 0 Å². The summed E-state index contributed by atoms with van der Waals surface area (Å²) in [6.07, 6.45) is 9.59. The molecule has 1 aromatic rings. The van der Waals surface area contributed by atoms with Crippen LogP contribution in [0.2, 0.25) is 0 Å². The Balaban J connectivity index is 1.70. The minimum Gasteiger partial charge on any atom is -0.434 e. The summed E-state index contributed by atoms with van der Waals surface area (Å²) < 4.78 is 21.8. The lowest BCUT2D eigenvalue weighted by Gasteiger charge is -2.69. The highest BCUT2D eigenvalue weighted by Crippen LogP contribution is 2.74. The minimum atomic E-state index is -0.816. The Bertz CT molecular complexity index is 1340. The van der Waals surface area contributed by atoms with Crippen LogP contribution >= 0.6 is 11.8 Å². The summed E-state index contributed by atoms with van der Waals surface area (Å²) in [5, 5.41) is 0.460. The lowest BCUT2D eigenvalue weighted by Crippen LogP contribution is -2.61. The van der Waals surface area contributed by atoms with Crippen molar-refractivity contribution in [3.63, 3.8) is 0 Å². The SMILES string of the molecule is CCOC(=O)Oc1cc2c(c(C)c1OC(=O)OCC)C(SC(C)C)C=C1[C@@]2(C)CC[C@@]2(C)[C@@H]3C[C@@H](C)CC[C@]3(C)CC[C@]12C. The van der Waals surface area contributed by atoms with Gasteiger partial charge in [-0.25, -0.2) is 9.59 Å². The van der Waals surface area contributed by atoms with Crippen molar-refractivity contribution in [3.05, 3.63) is 34.4 Å². The average molecular weight is 627 g/mol. The average Bonchev–Trinajstić information content (AvgIpc) is 2.94. The van der Waals surface area contributed by atoms with E-state index in [1.54, 1.807) is 19.4 Å². The monoisotopic (exact) mass is 626 g/mol. The van der Waals surface area contributed by atoms with Gasteiger partial charge in [0, 0.05) is 16.2 Å². The number of hydrogen-bond donors (Lipinski definition) is 0. The standard InChI is InChI=1S/C37H54O6S/c1-11-40-32(38)42-26-20-25-30(24(6)31(26)43-33(39)41-12-2)27(44-22(3)4)21-29-35(25,8)16-18-36(9)28-19-23(5)13-14-34(28,7)15-17-37(29,36)10/h20-23,27-28H,11-19H2,1-10H3/t23-,27?,28+,34+,35-,36-,37+/m0/s1. The number of ether oxygens (including phenoxy) is 4. The first-order chi connectivity index (χ1) is 20.6. The molecule has 0 spiro atoms. The molecule has 1 unspecified atom stereocenters. The number of carbonyl (C=O) groups excluding carboxylic acids is 2. The second-order valence-electron chi connectivity index (χ2n) is 15.2. The van der Waals surface area contributed by atoms with Crippen molar-refractivity contribution in [2.75, 3.05) is 13.2 Å². The van der Waals surface area contributed by atoms with Gasteiger partial charge in [0.1, 0.15) is 0 Å². The molecule has 6 nitrogen and oxygen atoms in total. The van der Waals surface area contributed by atoms with Crippen LogP contribution in [-0.4, -0.2) is 30.8 Å². The van der Waals surface area contributed by atoms with Crippen LogP contribution in [-0.2, 0) is 14.9 Å². The topological polar surface area (TPSA) is 71.1 Å². The lowest BCUT2D eigenvalue weighted by molar-refractivity contribution is -0.145. The number of allylic oxidation sites excluding steroid dienone is 1. The molecule has 4 aliphatic rings. The van der Waals surface area contributed by atoms with Crippen LogP contribution in [0.15, 0.2) is 17.7 Å². The van der Waals surface area contributed by atoms with Crippen LogP contribution < -0.4 is 9.47 Å². The van der Waals surface area contributed by atoms with Crippen LogP contribution in [0.1, 0.15) is 129 Å². The second-order valence-corrected chi connectivity index (χ2v) is 16.9. The van der Waals surface area contributed by atoms with Gasteiger partial charge < -0.3 is 18.9 Å². The van der Waals surface area contributed by atoms with E-state index in [-0.39, 0.29) is 46.2 Å². The molecule has 7 atom stereocenters. The smallest absolute Gasteiger partial charge is 0.434 e. The Morgan fingerprint density at radius 1 is 0.955 bits per heavy atom. The third kappa shape index (κ3) is 5.27. The maximum absolute atomic E-state index is 12.7. The van der Waals surface area contributed by atoms with E-state index in [9.17, 15) is 9.59 Å². The van der Waals surface area contributed by atoms with Crippen LogP contribution in [0.25, 0.3) is 0 Å². The summed E-state index contributed by atoms with van der Waals surface area (Å²) in [4.78, 5) is 25.3. The van der Waals surface area contributed by atoms with Gasteiger partial charge in [0.05, 0.1) is 13.2 Å². The number of carbonyl (C=O) groups is 2. The molecule has 244 valence electrons. The Labute approximate surface area is 269 Å². The van der Waals surface area contributed by atoms with E-state index >= 15 is 0 Å². The molecule has 3 fully saturated rings. The van der Waals surface area contributed by atoms with Crippen molar-refractivity contribution in [1.29, 1.82) is 0 Å². The predicted molar refractivity (Wildman–Crippen MR) is 177 cm³/mol. The molecule has 0 aliphatic heterocycles. The van der Waals surface area contributed by atoms with Crippen molar-refractivity contribution >= 4 is 24.1 Å². The maximum atomic E-state index is 12.7. The number of fused-ring (bicyclic) bond motifs is 7. The van der Waals surface area contributed by atoms with Crippen LogP contribution in [0, 0.1) is 35.0 Å². The molecular formula is C37H54O6S. The summed E-state index contributed by atoms with van der Waals surface area (Å²) in [6, 6.07) is 1.97. The molecule has 0 heterocycles. The van der Waals surface area contributed by atoms with Crippen LogP contribution in [0.4, 0.5) is 9.59 Å². The zero-order valence-corrected chi connectivity index (χ0v) is 29.5. The molecule has 0 saturated heterocycles. The highest BCUT2D eigenvalue weighted by molar-refractivity contribution is 8.00. The van der Waals surface area contributed by atoms with Gasteiger partial charge in [0.15, 0.2) is 11.5 Å². The normalized spacial score (nSPS) is 35.8. The highest BCUT2D eigenvalue weighted by atomic mass is 32.2. The van der Waals surface area contributed by atoms with Crippen molar-refractivity contribution < 1.29 is 28.5 Å². The van der Waals surface area contributed by atoms with Gasteiger partial charge in [-0.2, -0.15) is 0 Å². The summed E-state index contributed by atoms with van der Waals surface area (Å²) in [6.45, 7) is 22.9. The molecule has 7 heteroatoms. The quantitative estimate of drug-likeness (QED) is 0.177. The first-order valence-electron chi connectivity index (χ1n) is 16.9. The Morgan fingerprint density at radius 2 is 1.61 bits per heavy atom. The van der Waals surface area contributed by atoms with Crippen molar-refractivity contribution in [2.45, 2.75) is 130 Å². The molecule has 4 aliphatic carbocycles. The summed E-state index contributed by atoms with van der Waals surface area (Å²) in [5.74, 6) is 1.90. The van der Waals surface area contributed by atoms with E-state index < -0.39 is 12.3 Å². The van der Waals surface area contributed by atoms with Gasteiger partial charge in [-0.3, -0.25) is 0 Å². The molecule has 1 aromatic carbocycles. The van der Waals surface area contributed by atoms with Gasteiger partial charge >= 0.3 is 12.3 Å². The molecule has 3 saturated carbocycles. The maximum Gasteiger partial charge on any atom is 0.513 e. The zero-order valence-electron chi connectivity index (χ0n) is 28.7. The van der Waals surface area contributed by atoms with Crippen molar-refractivity contribution in [3.8, 4) is 11.5 Å². The number of hydrogen-bond acceptors (Lipinski definition) is 7. The van der Waals surface area contributed by atoms with Gasteiger partial charge in [-0.1, -0.05) is 66.5 Å². The number of benzene rings is 1. The van der Waals surface area contributed by atoms with E-state index in [0.717, 1.165) is 29.9 Å². The number of rotatable bonds is 6. The fourth-order valence-electron chi connectivity index (χ4n) is 9.79. The molecule has 0 bridgehead atoms. The van der Waals surface area contributed by atoms with E-state index in [2.05, 4.69) is 54.5 Å². The second kappa shape index (κ2) is 11.9. The first-order valence-corrected chi connectivity index (χ1v) is 17.8. The molecule has 0 amide bonds. The van der Waals surface area contributed by atoms with Crippen LogP contribution in [0.5, 0.6) is 11.5 Å². The van der Waals surface area contributed by atoms with Crippen molar-refractivity contribution in [2.24, 2.45) is 28.1 Å². The third-order valence-electron chi connectivity index (χ3n) is 12.3. The molecular weight excluding hydrogens is 572 g/mol. The Kier molecular flexibility index (Phi) is 8.98. The van der Waals surface area contributed by atoms with E-state index in [1.165, 1.54) is 37.7 Å². The predicted octanol–water partition coefficient (Wildman–Crippen LogP) is 10.5. The summed E-state index contributed by atoms with van der Waals surface area (Å²) >= 11 is 1.93. The molecule has 5 rings (SSSR count). The molecule has 0 N–H and O–H groups in total. The number of thioether (sulfide) groups is 1. The Hall–Kier alpha value is -2.15. The highest BCUT2D eigenvalue weighted by Gasteiger charge is 2.65. The summed E-state index contributed by atoms with van der Waals surface area (Å²) in [7, 11) is 0. The van der Waals surface area contributed by atoms with Gasteiger partial charge in [-0.05, 0) is 110 Å². The molecule has 0 aromatic heterocycles. The lowest BCUT2D eigenvalue weighted by atomic mass is 9.35. The van der Waals surface area contributed by atoms with E-state index in [1.807, 2.05) is 24.8 Å². The third-order valence-corrected chi connectivity index (χ3v) is 13.5. The fraction of sp³-hybridized carbons (Fsp3) is 0.730. The molecule has 0 radical (unpaired) electrons. The summed E-state index contributed by atoms with van der Waals surface area (Å²) in [5.41, 5.74) is 5.10. The largest absolute Gasteiger partial charge is 0.513 e. The molecule has 44 heavy (non-hydrogen) atoms. The first kappa shape index (κ1) is 33.2.